The lowest BCUT2D eigenvalue weighted by Crippen LogP contribution is -2.47. The van der Waals surface area contributed by atoms with Crippen LogP contribution in [0.25, 0.3) is 0 Å². The number of hydrogen-bond donors (Lipinski definition) is 2. The molecule has 0 aromatic heterocycles. The number of benzene rings is 2. The van der Waals surface area contributed by atoms with Gasteiger partial charge in [-0.15, -0.1) is 0 Å². The molecule has 1 atom stereocenters. The Bertz CT molecular complexity index is 789. The predicted molar refractivity (Wildman–Crippen MR) is 90.0 cm³/mol. The highest BCUT2D eigenvalue weighted by Crippen LogP contribution is 2.26. The number of aryl methyl sites for hydroxylation is 1. The summed E-state index contributed by atoms with van der Waals surface area (Å²) in [6.07, 6.45) is -1.04. The molecule has 2 aromatic carbocycles. The number of nitro benzene ring substituents is 1. The zero-order valence-electron chi connectivity index (χ0n) is 13.7. The van der Waals surface area contributed by atoms with Crippen molar-refractivity contribution in [3.05, 3.63) is 69.8 Å². The summed E-state index contributed by atoms with van der Waals surface area (Å²) in [6, 6.07) is 12.5. The van der Waals surface area contributed by atoms with E-state index in [1.54, 1.807) is 30.3 Å². The third kappa shape index (κ3) is 4.77. The van der Waals surface area contributed by atoms with Gasteiger partial charge in [0.25, 0.3) is 11.8 Å². The van der Waals surface area contributed by atoms with Crippen LogP contribution in [0.5, 0.6) is 5.75 Å². The van der Waals surface area contributed by atoms with Crippen LogP contribution < -0.4 is 15.6 Å². The van der Waals surface area contributed by atoms with Gasteiger partial charge in [0.1, 0.15) is 0 Å². The van der Waals surface area contributed by atoms with Gasteiger partial charge < -0.3 is 4.74 Å². The van der Waals surface area contributed by atoms with Crippen LogP contribution in [0.3, 0.4) is 0 Å². The SMILES string of the molecule is Cc1ccc(C(=O)NNC(=O)[C@H](C)Oc2ccccc2[N+](=O)[O-])cc1. The Morgan fingerprint density at radius 1 is 1.08 bits per heavy atom. The van der Waals surface area contributed by atoms with Crippen LogP contribution in [-0.2, 0) is 4.79 Å². The maximum atomic E-state index is 12.0. The second kappa shape index (κ2) is 7.91. The molecule has 2 N–H and O–H groups in total. The maximum absolute atomic E-state index is 12.0. The van der Waals surface area contributed by atoms with Crippen LogP contribution in [-0.4, -0.2) is 22.8 Å². The topological polar surface area (TPSA) is 111 Å². The molecule has 0 aliphatic rings. The van der Waals surface area contributed by atoms with Crippen molar-refractivity contribution in [2.45, 2.75) is 20.0 Å². The number of nitro groups is 1. The van der Waals surface area contributed by atoms with E-state index in [9.17, 15) is 19.7 Å². The van der Waals surface area contributed by atoms with E-state index in [4.69, 9.17) is 4.74 Å². The smallest absolute Gasteiger partial charge is 0.310 e. The van der Waals surface area contributed by atoms with E-state index >= 15 is 0 Å². The van der Waals surface area contributed by atoms with Gasteiger partial charge in [-0.05, 0) is 32.0 Å². The highest BCUT2D eigenvalue weighted by Gasteiger charge is 2.21. The van der Waals surface area contributed by atoms with Gasteiger partial charge in [0.15, 0.2) is 11.9 Å². The molecular weight excluding hydrogens is 326 g/mol. The molecule has 2 rings (SSSR count). The Morgan fingerprint density at radius 3 is 2.36 bits per heavy atom. The Kier molecular flexibility index (Phi) is 5.67. The van der Waals surface area contributed by atoms with Crippen LogP contribution in [0.15, 0.2) is 48.5 Å². The average Bonchev–Trinajstić information content (AvgIpc) is 2.60. The van der Waals surface area contributed by atoms with Crippen molar-refractivity contribution in [3.63, 3.8) is 0 Å². The van der Waals surface area contributed by atoms with Gasteiger partial charge in [-0.25, -0.2) is 0 Å². The normalized spacial score (nSPS) is 11.3. The number of para-hydroxylation sites is 2. The third-order valence-electron chi connectivity index (χ3n) is 3.35. The molecule has 0 aliphatic heterocycles. The van der Waals surface area contributed by atoms with Crippen molar-refractivity contribution >= 4 is 17.5 Å². The number of nitrogens with one attached hydrogen (secondary N) is 2. The first-order valence-corrected chi connectivity index (χ1v) is 7.45. The van der Waals surface area contributed by atoms with E-state index in [-0.39, 0.29) is 11.4 Å². The minimum absolute atomic E-state index is 0.0278. The van der Waals surface area contributed by atoms with E-state index < -0.39 is 22.8 Å². The highest BCUT2D eigenvalue weighted by atomic mass is 16.6. The molecule has 130 valence electrons. The standard InChI is InChI=1S/C17H17N3O5/c1-11-7-9-13(10-8-11)17(22)19-18-16(21)12(2)25-15-6-4-3-5-14(15)20(23)24/h3-10,12H,1-2H3,(H,18,21)(H,19,22)/t12-/m0/s1. The van der Waals surface area contributed by atoms with Crippen molar-refractivity contribution < 1.29 is 19.2 Å². The first-order chi connectivity index (χ1) is 11.9. The second-order valence-electron chi connectivity index (χ2n) is 5.29. The first kappa shape index (κ1) is 17.9. The number of rotatable bonds is 5. The first-order valence-electron chi connectivity index (χ1n) is 7.45. The number of nitrogens with zero attached hydrogens (tertiary/aromatic N) is 1. The molecule has 8 heteroatoms. The molecule has 0 fully saturated rings. The van der Waals surface area contributed by atoms with Crippen LogP contribution in [0, 0.1) is 17.0 Å². The van der Waals surface area contributed by atoms with Crippen LogP contribution >= 0.6 is 0 Å². The Hall–Kier alpha value is -3.42. The minimum Gasteiger partial charge on any atom is -0.474 e. The summed E-state index contributed by atoms with van der Waals surface area (Å²) < 4.78 is 5.32. The third-order valence-corrected chi connectivity index (χ3v) is 3.35. The van der Waals surface area contributed by atoms with Gasteiger partial charge in [-0.1, -0.05) is 29.8 Å². The number of ether oxygens (including phenoxy) is 1. The second-order valence-corrected chi connectivity index (χ2v) is 5.29. The summed E-state index contributed by atoms with van der Waals surface area (Å²) in [4.78, 5) is 34.3. The van der Waals surface area contributed by atoms with Crippen LogP contribution in [0.2, 0.25) is 0 Å². The molecule has 0 spiro atoms. The van der Waals surface area contributed by atoms with Gasteiger partial charge in [0, 0.05) is 11.6 Å². The molecular formula is C17H17N3O5. The summed E-state index contributed by atoms with van der Waals surface area (Å²) in [5.41, 5.74) is 5.65. The van der Waals surface area contributed by atoms with Crippen molar-refractivity contribution in [1.29, 1.82) is 0 Å². The molecule has 0 aliphatic carbocycles. The van der Waals surface area contributed by atoms with E-state index in [0.29, 0.717) is 5.56 Å². The Morgan fingerprint density at radius 2 is 1.72 bits per heavy atom. The molecule has 0 radical (unpaired) electrons. The number of hydrogen-bond acceptors (Lipinski definition) is 5. The molecule has 0 saturated carbocycles. The summed E-state index contributed by atoms with van der Waals surface area (Å²) in [5, 5.41) is 10.9. The Balaban J connectivity index is 1.93. The molecule has 0 heterocycles. The fourth-order valence-electron chi connectivity index (χ4n) is 1.95. The molecule has 8 nitrogen and oxygen atoms in total. The summed E-state index contributed by atoms with van der Waals surface area (Å²) in [6.45, 7) is 3.31. The molecule has 2 aromatic rings. The number of carbonyl (C=O) groups is 2. The van der Waals surface area contributed by atoms with E-state index in [1.165, 1.54) is 25.1 Å². The maximum Gasteiger partial charge on any atom is 0.310 e. The average molecular weight is 343 g/mol. The van der Waals surface area contributed by atoms with Crippen molar-refractivity contribution in [2.24, 2.45) is 0 Å². The summed E-state index contributed by atoms with van der Waals surface area (Å²) in [7, 11) is 0. The van der Waals surface area contributed by atoms with Crippen molar-refractivity contribution in [2.75, 3.05) is 0 Å². The lowest BCUT2D eigenvalue weighted by molar-refractivity contribution is -0.386. The number of carbonyl (C=O) groups excluding carboxylic acids is 2. The zero-order chi connectivity index (χ0) is 18.4. The largest absolute Gasteiger partial charge is 0.474 e. The van der Waals surface area contributed by atoms with Gasteiger partial charge in [0.05, 0.1) is 4.92 Å². The minimum atomic E-state index is -1.04. The number of hydrazine groups is 1. The zero-order valence-corrected chi connectivity index (χ0v) is 13.7. The van der Waals surface area contributed by atoms with Crippen molar-refractivity contribution in [3.8, 4) is 5.75 Å². The quantitative estimate of drug-likeness (QED) is 0.638. The van der Waals surface area contributed by atoms with E-state index in [2.05, 4.69) is 10.9 Å². The lowest BCUT2D eigenvalue weighted by atomic mass is 10.1. The predicted octanol–water partition coefficient (Wildman–Crippen LogP) is 2.13. The van der Waals surface area contributed by atoms with Gasteiger partial charge >= 0.3 is 5.69 Å². The van der Waals surface area contributed by atoms with Gasteiger partial charge in [-0.3, -0.25) is 30.6 Å². The summed E-state index contributed by atoms with van der Waals surface area (Å²) >= 11 is 0. The summed E-state index contributed by atoms with van der Waals surface area (Å²) in [5.74, 6) is -1.15. The monoisotopic (exact) mass is 343 g/mol. The highest BCUT2D eigenvalue weighted by molar-refractivity contribution is 5.95. The molecule has 0 bridgehead atoms. The van der Waals surface area contributed by atoms with Gasteiger partial charge in [0.2, 0.25) is 0 Å². The number of amides is 2. The molecule has 25 heavy (non-hydrogen) atoms. The van der Waals surface area contributed by atoms with Gasteiger partial charge in [-0.2, -0.15) is 0 Å². The lowest BCUT2D eigenvalue weighted by Gasteiger charge is -2.15. The van der Waals surface area contributed by atoms with E-state index in [0.717, 1.165) is 5.56 Å². The Labute approximate surface area is 143 Å². The van der Waals surface area contributed by atoms with Crippen molar-refractivity contribution in [1.82, 2.24) is 10.9 Å². The molecule has 0 unspecified atom stereocenters. The fourth-order valence-corrected chi connectivity index (χ4v) is 1.95. The molecule has 0 saturated heterocycles. The van der Waals surface area contributed by atoms with Crippen LogP contribution in [0.4, 0.5) is 5.69 Å². The van der Waals surface area contributed by atoms with E-state index in [1.807, 2.05) is 6.92 Å². The van der Waals surface area contributed by atoms with Crippen LogP contribution in [0.1, 0.15) is 22.8 Å². The fraction of sp³-hybridized carbons (Fsp3) is 0.176. The molecule has 2 amide bonds.